The Morgan fingerprint density at radius 3 is 2.06 bits per heavy atom. The first-order chi connectivity index (χ1) is 7.74. The van der Waals surface area contributed by atoms with Crippen LogP contribution in [0.1, 0.15) is 33.3 Å². The van der Waals surface area contributed by atoms with Crippen molar-refractivity contribution in [3.05, 3.63) is 29.8 Å². The van der Waals surface area contributed by atoms with Crippen molar-refractivity contribution in [1.29, 1.82) is 5.26 Å². The molecule has 0 heterocycles. The highest BCUT2D eigenvalue weighted by Crippen LogP contribution is 2.18. The summed E-state index contributed by atoms with van der Waals surface area (Å²) < 4.78 is 27.5. The summed E-state index contributed by atoms with van der Waals surface area (Å²) in [6.45, 7) is 5.11. The average Bonchev–Trinajstić information content (AvgIpc) is 2.34. The number of halogens is 2. The number of ether oxygens (including phenoxy) is 1. The number of nitriles is 1. The minimum absolute atomic E-state index is 0.0880. The van der Waals surface area contributed by atoms with Gasteiger partial charge in [0.15, 0.2) is 0 Å². The second kappa shape index (κ2) is 11.4. The highest BCUT2D eigenvalue weighted by molar-refractivity contribution is 5.42. The van der Waals surface area contributed by atoms with E-state index in [0.717, 1.165) is 0 Å². The molecule has 0 unspecified atom stereocenters. The molecule has 0 aromatic heterocycles. The second-order valence-electron chi connectivity index (χ2n) is 1.99. The van der Waals surface area contributed by atoms with Crippen LogP contribution in [-0.2, 0) is 0 Å². The maximum atomic E-state index is 11.7. The zero-order valence-electron chi connectivity index (χ0n) is 10.00. The van der Waals surface area contributed by atoms with E-state index >= 15 is 0 Å². The molecule has 0 aliphatic heterocycles. The number of alkyl halides is 2. The number of nitrogens with zero attached hydrogens (tertiary/aromatic N) is 1. The fourth-order valence-electron chi connectivity index (χ4n) is 0.758. The van der Waals surface area contributed by atoms with Gasteiger partial charge in [-0.3, -0.25) is 0 Å². The molecular formula is C12H17F2NO. The lowest BCUT2D eigenvalue weighted by molar-refractivity contribution is -0.0500. The van der Waals surface area contributed by atoms with E-state index in [9.17, 15) is 8.78 Å². The molecule has 1 aromatic rings. The van der Waals surface area contributed by atoms with Crippen molar-refractivity contribution in [2.75, 3.05) is 0 Å². The molecule has 0 fully saturated rings. The first-order valence-corrected chi connectivity index (χ1v) is 5.18. The number of para-hydroxylation sites is 1. The Balaban J connectivity index is 0. The van der Waals surface area contributed by atoms with Gasteiger partial charge in [-0.05, 0) is 12.1 Å². The molecule has 0 aliphatic rings. The summed E-state index contributed by atoms with van der Waals surface area (Å²) in [6.07, 6.45) is 0. The summed E-state index contributed by atoms with van der Waals surface area (Å²) >= 11 is 0. The predicted octanol–water partition coefficient (Wildman–Crippen LogP) is 4.21. The average molecular weight is 229 g/mol. The Bertz CT molecular complexity index is 308. The van der Waals surface area contributed by atoms with Gasteiger partial charge in [-0.15, -0.1) is 0 Å². The van der Waals surface area contributed by atoms with Gasteiger partial charge in [0, 0.05) is 0 Å². The van der Waals surface area contributed by atoms with Crippen LogP contribution >= 0.6 is 0 Å². The lowest BCUT2D eigenvalue weighted by atomic mass is 10.2. The summed E-state index contributed by atoms with van der Waals surface area (Å²) in [7, 11) is 0. The molecule has 0 amide bonds. The summed E-state index contributed by atoms with van der Waals surface area (Å²) in [5, 5.41) is 8.46. The standard InChI is InChI=1S/C8H5F2NO.2C2H6/c9-8(10)12-7-4-2-1-3-6(7)5-11;2*1-2/h1-4,8H;2*1-2H3. The molecule has 0 atom stereocenters. The van der Waals surface area contributed by atoms with E-state index < -0.39 is 6.61 Å². The molecule has 0 radical (unpaired) electrons. The minimum Gasteiger partial charge on any atom is -0.433 e. The zero-order chi connectivity index (χ0) is 13.0. The third kappa shape index (κ3) is 6.77. The SMILES string of the molecule is CC.CC.N#Cc1ccccc1OC(F)F. The Labute approximate surface area is 95.5 Å². The topological polar surface area (TPSA) is 33.0 Å². The number of hydrogen-bond acceptors (Lipinski definition) is 2. The Morgan fingerprint density at radius 2 is 1.62 bits per heavy atom. The van der Waals surface area contributed by atoms with Gasteiger partial charge in [0.05, 0.1) is 5.56 Å². The van der Waals surface area contributed by atoms with Crippen molar-refractivity contribution in [2.45, 2.75) is 34.3 Å². The van der Waals surface area contributed by atoms with E-state index in [4.69, 9.17) is 5.26 Å². The van der Waals surface area contributed by atoms with E-state index in [1.165, 1.54) is 18.2 Å². The summed E-state index contributed by atoms with van der Waals surface area (Å²) in [5.41, 5.74) is 0.109. The van der Waals surface area contributed by atoms with E-state index in [1.54, 1.807) is 12.1 Å². The maximum Gasteiger partial charge on any atom is 0.387 e. The number of rotatable bonds is 2. The maximum absolute atomic E-state index is 11.7. The zero-order valence-corrected chi connectivity index (χ0v) is 10.00. The van der Waals surface area contributed by atoms with Gasteiger partial charge in [0.1, 0.15) is 11.8 Å². The Morgan fingerprint density at radius 1 is 1.12 bits per heavy atom. The highest BCUT2D eigenvalue weighted by Gasteiger charge is 2.07. The van der Waals surface area contributed by atoms with Crippen molar-refractivity contribution in [3.8, 4) is 11.8 Å². The van der Waals surface area contributed by atoms with Crippen LogP contribution in [0.25, 0.3) is 0 Å². The molecule has 16 heavy (non-hydrogen) atoms. The van der Waals surface area contributed by atoms with Crippen LogP contribution in [0, 0.1) is 11.3 Å². The molecule has 0 saturated heterocycles. The van der Waals surface area contributed by atoms with Crippen molar-refractivity contribution in [3.63, 3.8) is 0 Å². The molecule has 0 aliphatic carbocycles. The van der Waals surface area contributed by atoms with Gasteiger partial charge in [-0.1, -0.05) is 39.8 Å². The van der Waals surface area contributed by atoms with Crippen molar-refractivity contribution in [1.82, 2.24) is 0 Å². The molecule has 1 aromatic carbocycles. The summed E-state index contributed by atoms with van der Waals surface area (Å²) in [6, 6.07) is 7.59. The molecular weight excluding hydrogens is 212 g/mol. The highest BCUT2D eigenvalue weighted by atomic mass is 19.3. The van der Waals surface area contributed by atoms with E-state index in [-0.39, 0.29) is 11.3 Å². The molecule has 0 spiro atoms. The van der Waals surface area contributed by atoms with E-state index in [0.29, 0.717) is 0 Å². The monoisotopic (exact) mass is 229 g/mol. The number of benzene rings is 1. The Kier molecular flexibility index (Phi) is 12.0. The minimum atomic E-state index is -2.89. The van der Waals surface area contributed by atoms with Crippen molar-refractivity contribution in [2.24, 2.45) is 0 Å². The van der Waals surface area contributed by atoms with Gasteiger partial charge < -0.3 is 4.74 Å². The van der Waals surface area contributed by atoms with Crippen LogP contribution in [0.3, 0.4) is 0 Å². The first kappa shape index (κ1) is 16.8. The van der Waals surface area contributed by atoms with Crippen LogP contribution in [0.15, 0.2) is 24.3 Å². The van der Waals surface area contributed by atoms with Gasteiger partial charge in [0.2, 0.25) is 0 Å². The van der Waals surface area contributed by atoms with Crippen LogP contribution in [0.2, 0.25) is 0 Å². The molecule has 4 heteroatoms. The van der Waals surface area contributed by atoms with Crippen LogP contribution in [0.5, 0.6) is 5.75 Å². The van der Waals surface area contributed by atoms with E-state index in [1.807, 2.05) is 27.7 Å². The van der Waals surface area contributed by atoms with Gasteiger partial charge >= 0.3 is 6.61 Å². The largest absolute Gasteiger partial charge is 0.433 e. The normalized spacial score (nSPS) is 7.88. The quantitative estimate of drug-likeness (QED) is 0.760. The van der Waals surface area contributed by atoms with Crippen LogP contribution in [-0.4, -0.2) is 6.61 Å². The fourth-order valence-corrected chi connectivity index (χ4v) is 0.758. The molecule has 1 rings (SSSR count). The van der Waals surface area contributed by atoms with Gasteiger partial charge in [-0.2, -0.15) is 14.0 Å². The predicted molar refractivity (Wildman–Crippen MR) is 60.5 cm³/mol. The van der Waals surface area contributed by atoms with Gasteiger partial charge in [0.25, 0.3) is 0 Å². The summed E-state index contributed by atoms with van der Waals surface area (Å²) in [5.74, 6) is -0.0880. The van der Waals surface area contributed by atoms with Gasteiger partial charge in [-0.25, -0.2) is 0 Å². The Hall–Kier alpha value is -1.63. The molecule has 0 bridgehead atoms. The molecule has 2 nitrogen and oxygen atoms in total. The lowest BCUT2D eigenvalue weighted by Crippen LogP contribution is -2.03. The lowest BCUT2D eigenvalue weighted by Gasteiger charge is -2.04. The number of hydrogen-bond donors (Lipinski definition) is 0. The molecule has 0 N–H and O–H groups in total. The second-order valence-corrected chi connectivity index (χ2v) is 1.99. The summed E-state index contributed by atoms with van der Waals surface area (Å²) in [4.78, 5) is 0. The third-order valence-corrected chi connectivity index (χ3v) is 1.22. The third-order valence-electron chi connectivity index (χ3n) is 1.22. The van der Waals surface area contributed by atoms with E-state index in [2.05, 4.69) is 4.74 Å². The molecule has 90 valence electrons. The van der Waals surface area contributed by atoms with Crippen molar-refractivity contribution >= 4 is 0 Å². The van der Waals surface area contributed by atoms with Crippen LogP contribution < -0.4 is 4.74 Å². The smallest absolute Gasteiger partial charge is 0.387 e. The molecule has 0 saturated carbocycles. The fraction of sp³-hybridized carbons (Fsp3) is 0.417. The first-order valence-electron chi connectivity index (χ1n) is 5.18. The van der Waals surface area contributed by atoms with Crippen molar-refractivity contribution < 1.29 is 13.5 Å². The van der Waals surface area contributed by atoms with Crippen LogP contribution in [0.4, 0.5) is 8.78 Å².